The number of benzene rings is 1. The molecule has 0 heterocycles. The van der Waals surface area contributed by atoms with Gasteiger partial charge in [-0.15, -0.1) is 6.42 Å². The molecule has 0 fully saturated rings. The molecule has 3 N–H and O–H groups in total. The average molecular weight is 273 g/mol. The quantitative estimate of drug-likeness (QED) is 0.503. The van der Waals surface area contributed by atoms with Gasteiger partial charge in [-0.05, 0) is 11.5 Å². The Labute approximate surface area is 121 Å². The smallest absolute Gasteiger partial charge is 0.194 e. The third kappa shape index (κ3) is 4.60. The van der Waals surface area contributed by atoms with Gasteiger partial charge in [-0.3, -0.25) is 0 Å². The summed E-state index contributed by atoms with van der Waals surface area (Å²) in [4.78, 5) is 4.37. The molecule has 1 unspecified atom stereocenters. The number of rotatable bonds is 4. The lowest BCUT2D eigenvalue weighted by Gasteiger charge is -2.23. The summed E-state index contributed by atoms with van der Waals surface area (Å²) in [5.74, 6) is 2.98. The van der Waals surface area contributed by atoms with Crippen molar-refractivity contribution < 1.29 is 4.74 Å². The molecule has 0 aromatic heterocycles. The van der Waals surface area contributed by atoms with Crippen molar-refractivity contribution in [3.05, 3.63) is 29.8 Å². The van der Waals surface area contributed by atoms with Gasteiger partial charge in [-0.25, -0.2) is 4.99 Å². The molecule has 1 aromatic rings. The Morgan fingerprint density at radius 2 is 2.10 bits per heavy atom. The van der Waals surface area contributed by atoms with Gasteiger partial charge < -0.3 is 15.8 Å². The maximum atomic E-state index is 5.95. The highest BCUT2D eigenvalue weighted by Crippen LogP contribution is 2.22. The van der Waals surface area contributed by atoms with Gasteiger partial charge >= 0.3 is 0 Å². The van der Waals surface area contributed by atoms with E-state index in [1.54, 1.807) is 7.11 Å². The summed E-state index contributed by atoms with van der Waals surface area (Å²) in [6.45, 7) is 6.61. The van der Waals surface area contributed by atoms with Crippen LogP contribution in [-0.2, 0) is 11.3 Å². The van der Waals surface area contributed by atoms with E-state index in [0.717, 1.165) is 11.3 Å². The van der Waals surface area contributed by atoms with Crippen LogP contribution in [0, 0.1) is 17.8 Å². The molecule has 0 saturated carbocycles. The topological polar surface area (TPSA) is 59.6 Å². The maximum Gasteiger partial charge on any atom is 0.194 e. The molecule has 0 radical (unpaired) electrons. The van der Waals surface area contributed by atoms with Crippen molar-refractivity contribution in [1.29, 1.82) is 0 Å². The van der Waals surface area contributed by atoms with Gasteiger partial charge in [0.25, 0.3) is 0 Å². The molecule has 0 aliphatic rings. The first kappa shape index (κ1) is 16.1. The van der Waals surface area contributed by atoms with Gasteiger partial charge in [-0.1, -0.05) is 44.9 Å². The number of hydrogen-bond donors (Lipinski definition) is 2. The molecule has 108 valence electrons. The number of nitrogens with one attached hydrogen (secondary N) is 1. The van der Waals surface area contributed by atoms with Crippen molar-refractivity contribution in [1.82, 2.24) is 0 Å². The predicted octanol–water partition coefficient (Wildman–Crippen LogP) is 2.61. The third-order valence-electron chi connectivity index (χ3n) is 2.83. The van der Waals surface area contributed by atoms with E-state index in [9.17, 15) is 0 Å². The van der Waals surface area contributed by atoms with E-state index in [4.69, 9.17) is 16.9 Å². The van der Waals surface area contributed by atoms with Crippen LogP contribution in [-0.4, -0.2) is 19.1 Å². The van der Waals surface area contributed by atoms with Gasteiger partial charge in [-0.2, -0.15) is 0 Å². The van der Waals surface area contributed by atoms with Gasteiger partial charge in [0.1, 0.15) is 6.04 Å². The minimum atomic E-state index is -0.274. The highest BCUT2D eigenvalue weighted by molar-refractivity contribution is 5.93. The second kappa shape index (κ2) is 6.97. The van der Waals surface area contributed by atoms with Crippen LogP contribution in [0.3, 0.4) is 0 Å². The first-order chi connectivity index (χ1) is 9.38. The Kier molecular flexibility index (Phi) is 5.60. The average Bonchev–Trinajstić information content (AvgIpc) is 2.37. The Bertz CT molecular complexity index is 509. The molecule has 4 nitrogen and oxygen atoms in total. The first-order valence-electron chi connectivity index (χ1n) is 6.51. The number of guanidine groups is 1. The molecule has 1 aromatic carbocycles. The van der Waals surface area contributed by atoms with Crippen LogP contribution in [0.4, 0.5) is 5.69 Å². The predicted molar refractivity (Wildman–Crippen MR) is 84.5 cm³/mol. The summed E-state index contributed by atoms with van der Waals surface area (Å²) in [5, 5.41) is 3.08. The van der Waals surface area contributed by atoms with Gasteiger partial charge in [0.05, 0.1) is 6.61 Å². The Balaban J connectivity index is 2.90. The van der Waals surface area contributed by atoms with E-state index in [0.29, 0.717) is 12.6 Å². The molecule has 1 atom stereocenters. The standard InChI is InChI=1S/C16H23N3O/c1-6-14(16(2,3)4)19-15(17)18-13-10-8-7-9-12(13)11-20-5/h1,7-10,14H,11H2,2-5H3,(H3,17,18,19). The minimum absolute atomic E-state index is 0.132. The van der Waals surface area contributed by atoms with E-state index in [-0.39, 0.29) is 11.5 Å². The van der Waals surface area contributed by atoms with Gasteiger partial charge in [0.15, 0.2) is 5.96 Å². The monoisotopic (exact) mass is 273 g/mol. The van der Waals surface area contributed by atoms with E-state index < -0.39 is 0 Å². The number of anilines is 1. The Morgan fingerprint density at radius 1 is 1.45 bits per heavy atom. The summed E-state index contributed by atoms with van der Waals surface area (Å²) >= 11 is 0. The highest BCUT2D eigenvalue weighted by atomic mass is 16.5. The van der Waals surface area contributed by atoms with Crippen molar-refractivity contribution in [2.24, 2.45) is 16.1 Å². The molecule has 0 bridgehead atoms. The molecule has 0 aliphatic heterocycles. The molecule has 0 saturated heterocycles. The van der Waals surface area contributed by atoms with Crippen LogP contribution in [0.25, 0.3) is 0 Å². The zero-order valence-electron chi connectivity index (χ0n) is 12.6. The lowest BCUT2D eigenvalue weighted by Crippen LogP contribution is -2.30. The minimum Gasteiger partial charge on any atom is -0.380 e. The Morgan fingerprint density at radius 3 is 2.65 bits per heavy atom. The van der Waals surface area contributed by atoms with E-state index in [1.807, 2.05) is 45.0 Å². The molecule has 0 amide bonds. The number of nitrogens with two attached hydrogens (primary N) is 1. The van der Waals surface area contributed by atoms with Crippen LogP contribution in [0.2, 0.25) is 0 Å². The van der Waals surface area contributed by atoms with Crippen molar-refractivity contribution in [3.63, 3.8) is 0 Å². The van der Waals surface area contributed by atoms with Crippen molar-refractivity contribution >= 4 is 11.6 Å². The lowest BCUT2D eigenvalue weighted by molar-refractivity contribution is 0.185. The number of nitrogens with zero attached hydrogens (tertiary/aromatic N) is 1. The fraction of sp³-hybridized carbons (Fsp3) is 0.438. The van der Waals surface area contributed by atoms with Crippen LogP contribution in [0.1, 0.15) is 26.3 Å². The zero-order chi connectivity index (χ0) is 15.2. The SMILES string of the molecule is C#CC(N=C(N)Nc1ccccc1COC)C(C)(C)C. The second-order valence-electron chi connectivity index (χ2n) is 5.66. The molecule has 0 spiro atoms. The number of terminal acetylenes is 1. The number of para-hydroxylation sites is 1. The van der Waals surface area contributed by atoms with E-state index in [1.165, 1.54) is 0 Å². The third-order valence-corrected chi connectivity index (χ3v) is 2.83. The summed E-state index contributed by atoms with van der Waals surface area (Å²) in [5.41, 5.74) is 7.70. The maximum absolute atomic E-state index is 5.95. The molecular weight excluding hydrogens is 250 g/mol. The highest BCUT2D eigenvalue weighted by Gasteiger charge is 2.22. The first-order valence-corrected chi connectivity index (χ1v) is 6.51. The van der Waals surface area contributed by atoms with Crippen molar-refractivity contribution in [2.75, 3.05) is 12.4 Å². The second-order valence-corrected chi connectivity index (χ2v) is 5.66. The normalized spacial score (nSPS) is 13.7. The number of ether oxygens (including phenoxy) is 1. The molecule has 20 heavy (non-hydrogen) atoms. The summed E-state index contributed by atoms with van der Waals surface area (Å²) in [7, 11) is 1.65. The van der Waals surface area contributed by atoms with E-state index in [2.05, 4.69) is 16.2 Å². The van der Waals surface area contributed by atoms with Gasteiger partial charge in [0.2, 0.25) is 0 Å². The number of methoxy groups -OCH3 is 1. The molecule has 4 heteroatoms. The molecule has 0 aliphatic carbocycles. The van der Waals surface area contributed by atoms with Crippen molar-refractivity contribution in [3.8, 4) is 12.3 Å². The van der Waals surface area contributed by atoms with Crippen LogP contribution < -0.4 is 11.1 Å². The summed E-state index contributed by atoms with van der Waals surface area (Å²) in [6.07, 6.45) is 5.52. The Hall–Kier alpha value is -1.99. The lowest BCUT2D eigenvalue weighted by atomic mass is 9.88. The van der Waals surface area contributed by atoms with Crippen LogP contribution >= 0.6 is 0 Å². The van der Waals surface area contributed by atoms with Crippen molar-refractivity contribution in [2.45, 2.75) is 33.4 Å². The molecular formula is C16H23N3O. The number of hydrogen-bond acceptors (Lipinski definition) is 2. The van der Waals surface area contributed by atoms with E-state index >= 15 is 0 Å². The fourth-order valence-electron chi connectivity index (χ4n) is 1.71. The molecule has 1 rings (SSSR count). The summed E-state index contributed by atoms with van der Waals surface area (Å²) < 4.78 is 5.15. The largest absolute Gasteiger partial charge is 0.380 e. The van der Waals surface area contributed by atoms with Crippen LogP contribution in [0.15, 0.2) is 29.3 Å². The van der Waals surface area contributed by atoms with Crippen LogP contribution in [0.5, 0.6) is 0 Å². The van der Waals surface area contributed by atoms with Gasteiger partial charge in [0, 0.05) is 18.4 Å². The summed E-state index contributed by atoms with van der Waals surface area (Å²) in [6, 6.07) is 7.51. The fourth-order valence-corrected chi connectivity index (χ4v) is 1.71. The number of aliphatic imine (C=N–C) groups is 1. The zero-order valence-corrected chi connectivity index (χ0v) is 12.6.